The summed E-state index contributed by atoms with van der Waals surface area (Å²) in [5.74, 6) is 0. The Morgan fingerprint density at radius 2 is 1.78 bits per heavy atom. The fourth-order valence-corrected chi connectivity index (χ4v) is 2.26. The van der Waals surface area contributed by atoms with Crippen molar-refractivity contribution in [3.63, 3.8) is 0 Å². The van der Waals surface area contributed by atoms with Crippen LogP contribution in [0, 0.1) is 6.92 Å². The third kappa shape index (κ3) is 3.68. The molecule has 1 N–H and O–H groups in total. The highest BCUT2D eigenvalue weighted by molar-refractivity contribution is 7.80. The topological polar surface area (TPSA) is 18.5 Å². The summed E-state index contributed by atoms with van der Waals surface area (Å²) in [5, 5.41) is 4.22. The van der Waals surface area contributed by atoms with Gasteiger partial charge in [-0.15, -0.1) is 0 Å². The van der Waals surface area contributed by atoms with Gasteiger partial charge in [0.05, 0.1) is 0 Å². The average Bonchev–Trinajstić information content (AvgIpc) is 2.38. The predicted octanol–water partition coefficient (Wildman–Crippen LogP) is 1.62. The molecule has 2 rings (SSSR count). The van der Waals surface area contributed by atoms with E-state index in [1.165, 1.54) is 11.1 Å². The highest BCUT2D eigenvalue weighted by Crippen LogP contribution is 2.04. The van der Waals surface area contributed by atoms with Crippen molar-refractivity contribution in [3.8, 4) is 0 Å². The lowest BCUT2D eigenvalue weighted by Crippen LogP contribution is -2.50. The maximum Gasteiger partial charge on any atom is 0.169 e. The van der Waals surface area contributed by atoms with Gasteiger partial charge in [-0.3, -0.25) is 0 Å². The zero-order valence-corrected chi connectivity index (χ0v) is 12.0. The van der Waals surface area contributed by atoms with Crippen LogP contribution in [0.1, 0.15) is 11.1 Å². The van der Waals surface area contributed by atoms with E-state index in [0.29, 0.717) is 0 Å². The van der Waals surface area contributed by atoms with E-state index in [2.05, 4.69) is 53.4 Å². The number of piperazine rings is 1. The van der Waals surface area contributed by atoms with Crippen molar-refractivity contribution < 1.29 is 0 Å². The van der Waals surface area contributed by atoms with Crippen LogP contribution in [-0.4, -0.2) is 48.1 Å². The average molecular weight is 263 g/mol. The van der Waals surface area contributed by atoms with Crippen LogP contribution in [0.25, 0.3) is 0 Å². The molecular weight excluding hydrogens is 242 g/mol. The zero-order valence-electron chi connectivity index (χ0n) is 11.1. The van der Waals surface area contributed by atoms with Crippen LogP contribution in [0.15, 0.2) is 24.3 Å². The van der Waals surface area contributed by atoms with E-state index in [9.17, 15) is 0 Å². The number of benzene rings is 1. The Hall–Kier alpha value is -1.13. The fourth-order valence-electron chi connectivity index (χ4n) is 2.00. The van der Waals surface area contributed by atoms with Gasteiger partial charge >= 0.3 is 0 Å². The van der Waals surface area contributed by atoms with Gasteiger partial charge in [0.15, 0.2) is 5.11 Å². The molecule has 18 heavy (non-hydrogen) atoms. The minimum Gasteiger partial charge on any atom is -0.358 e. The van der Waals surface area contributed by atoms with Crippen molar-refractivity contribution in [3.05, 3.63) is 35.4 Å². The van der Waals surface area contributed by atoms with Crippen LogP contribution in [0.3, 0.4) is 0 Å². The van der Waals surface area contributed by atoms with E-state index < -0.39 is 0 Å². The van der Waals surface area contributed by atoms with Crippen LogP contribution in [0.5, 0.6) is 0 Å². The lowest BCUT2D eigenvalue weighted by atomic mass is 10.1. The first-order chi connectivity index (χ1) is 8.65. The Bertz CT molecular complexity index is 394. The van der Waals surface area contributed by atoms with Crippen LogP contribution in [0.4, 0.5) is 0 Å². The second-order valence-electron chi connectivity index (χ2n) is 4.93. The molecule has 1 aliphatic heterocycles. The van der Waals surface area contributed by atoms with E-state index in [0.717, 1.165) is 37.8 Å². The summed E-state index contributed by atoms with van der Waals surface area (Å²) in [4.78, 5) is 4.59. The lowest BCUT2D eigenvalue weighted by Gasteiger charge is -2.34. The molecule has 98 valence electrons. The maximum absolute atomic E-state index is 5.43. The largest absolute Gasteiger partial charge is 0.358 e. The first kappa shape index (κ1) is 13.3. The number of likely N-dealkylation sites (N-methyl/N-ethyl adjacent to an activating group) is 1. The lowest BCUT2D eigenvalue weighted by molar-refractivity contribution is 0.214. The van der Waals surface area contributed by atoms with Crippen molar-refractivity contribution in [1.82, 2.24) is 15.1 Å². The predicted molar refractivity (Wildman–Crippen MR) is 79.7 cm³/mol. The third-order valence-electron chi connectivity index (χ3n) is 3.35. The maximum atomic E-state index is 5.43. The Morgan fingerprint density at radius 1 is 1.17 bits per heavy atom. The molecule has 1 aromatic rings. The minimum atomic E-state index is 0.811. The second-order valence-corrected chi connectivity index (χ2v) is 5.32. The Kier molecular flexibility index (Phi) is 4.55. The quantitative estimate of drug-likeness (QED) is 0.817. The fraction of sp³-hybridized carbons (Fsp3) is 0.500. The summed E-state index contributed by atoms with van der Waals surface area (Å²) in [5.41, 5.74) is 2.57. The number of hydrogen-bond donors (Lipinski definition) is 1. The number of rotatable bonds is 2. The number of hydrogen-bond acceptors (Lipinski definition) is 2. The summed E-state index contributed by atoms with van der Waals surface area (Å²) in [6.45, 7) is 7.14. The summed E-state index contributed by atoms with van der Waals surface area (Å²) in [6, 6.07) is 8.57. The number of nitrogens with one attached hydrogen (secondary N) is 1. The van der Waals surface area contributed by atoms with Gasteiger partial charge in [0.1, 0.15) is 0 Å². The molecule has 1 aliphatic rings. The Morgan fingerprint density at radius 3 is 2.39 bits per heavy atom. The highest BCUT2D eigenvalue weighted by Gasteiger charge is 2.15. The SMILES string of the molecule is Cc1ccc(CNC(=S)N2CCN(C)CC2)cc1. The van der Waals surface area contributed by atoms with E-state index in [4.69, 9.17) is 12.2 Å². The third-order valence-corrected chi connectivity index (χ3v) is 3.76. The molecule has 0 spiro atoms. The summed E-state index contributed by atoms with van der Waals surface area (Å²) in [6.07, 6.45) is 0. The van der Waals surface area contributed by atoms with E-state index in [-0.39, 0.29) is 0 Å². The van der Waals surface area contributed by atoms with E-state index in [1.807, 2.05) is 0 Å². The highest BCUT2D eigenvalue weighted by atomic mass is 32.1. The molecule has 3 nitrogen and oxygen atoms in total. The van der Waals surface area contributed by atoms with Crippen LogP contribution in [-0.2, 0) is 6.54 Å². The molecule has 0 unspecified atom stereocenters. The van der Waals surface area contributed by atoms with Gasteiger partial charge < -0.3 is 15.1 Å². The van der Waals surface area contributed by atoms with Gasteiger partial charge in [-0.25, -0.2) is 0 Å². The van der Waals surface area contributed by atoms with Crippen LogP contribution < -0.4 is 5.32 Å². The zero-order chi connectivity index (χ0) is 13.0. The number of aryl methyl sites for hydroxylation is 1. The van der Waals surface area contributed by atoms with Crippen molar-refractivity contribution in [2.75, 3.05) is 33.2 Å². The molecule has 0 aromatic heterocycles. The second kappa shape index (κ2) is 6.16. The molecule has 0 aliphatic carbocycles. The summed E-state index contributed by atoms with van der Waals surface area (Å²) in [7, 11) is 2.15. The van der Waals surface area contributed by atoms with Gasteiger partial charge in [0.2, 0.25) is 0 Å². The van der Waals surface area contributed by atoms with Gasteiger partial charge in [-0.2, -0.15) is 0 Å². The molecule has 0 bridgehead atoms. The molecular formula is C14H21N3S. The first-order valence-corrected chi connectivity index (χ1v) is 6.83. The monoisotopic (exact) mass is 263 g/mol. The Labute approximate surface area is 115 Å². The summed E-state index contributed by atoms with van der Waals surface area (Å²) < 4.78 is 0. The molecule has 1 heterocycles. The van der Waals surface area contributed by atoms with Crippen LogP contribution >= 0.6 is 12.2 Å². The van der Waals surface area contributed by atoms with Crippen molar-refractivity contribution in [2.24, 2.45) is 0 Å². The van der Waals surface area contributed by atoms with Crippen molar-refractivity contribution >= 4 is 17.3 Å². The van der Waals surface area contributed by atoms with E-state index >= 15 is 0 Å². The molecule has 0 saturated carbocycles. The van der Waals surface area contributed by atoms with Crippen LogP contribution in [0.2, 0.25) is 0 Å². The molecule has 1 fully saturated rings. The van der Waals surface area contributed by atoms with Gasteiger partial charge in [-0.05, 0) is 31.8 Å². The number of thiocarbonyl (C=S) groups is 1. The van der Waals surface area contributed by atoms with Crippen molar-refractivity contribution in [2.45, 2.75) is 13.5 Å². The standard InChI is InChI=1S/C14H21N3S/c1-12-3-5-13(6-4-12)11-15-14(18)17-9-7-16(2)8-10-17/h3-6H,7-11H2,1-2H3,(H,15,18). The first-order valence-electron chi connectivity index (χ1n) is 6.42. The van der Waals surface area contributed by atoms with Gasteiger partial charge in [-0.1, -0.05) is 29.8 Å². The van der Waals surface area contributed by atoms with Gasteiger partial charge in [0.25, 0.3) is 0 Å². The number of nitrogens with zero attached hydrogens (tertiary/aromatic N) is 2. The molecule has 0 atom stereocenters. The molecule has 1 aromatic carbocycles. The molecule has 4 heteroatoms. The van der Waals surface area contributed by atoms with Gasteiger partial charge in [0, 0.05) is 32.7 Å². The van der Waals surface area contributed by atoms with E-state index in [1.54, 1.807) is 0 Å². The Balaban J connectivity index is 1.79. The van der Waals surface area contributed by atoms with Crippen molar-refractivity contribution in [1.29, 1.82) is 0 Å². The molecule has 0 amide bonds. The summed E-state index contributed by atoms with van der Waals surface area (Å²) >= 11 is 5.43. The molecule has 1 saturated heterocycles. The minimum absolute atomic E-state index is 0.811. The molecule has 0 radical (unpaired) electrons. The smallest absolute Gasteiger partial charge is 0.169 e. The normalized spacial score (nSPS) is 16.7.